The Hall–Kier alpha value is -3.28. The van der Waals surface area contributed by atoms with Crippen molar-refractivity contribution in [1.29, 1.82) is 0 Å². The second-order valence-electron chi connectivity index (χ2n) is 6.29. The molecule has 0 saturated carbocycles. The van der Waals surface area contributed by atoms with E-state index in [0.717, 1.165) is 17.7 Å². The van der Waals surface area contributed by atoms with E-state index in [1.807, 2.05) is 30.3 Å². The predicted molar refractivity (Wildman–Crippen MR) is 99.0 cm³/mol. The highest BCUT2D eigenvalue weighted by Crippen LogP contribution is 2.32. The highest BCUT2D eigenvalue weighted by atomic mass is 19.4. The average molecular weight is 386 g/mol. The van der Waals surface area contributed by atoms with E-state index in [4.69, 9.17) is 9.84 Å². The Morgan fingerprint density at radius 2 is 1.54 bits per heavy atom. The maximum absolute atomic E-state index is 12.8. The molecule has 0 aliphatic carbocycles. The number of hydrogen-bond donors (Lipinski definition) is 1. The van der Waals surface area contributed by atoms with Gasteiger partial charge in [-0.1, -0.05) is 48.5 Å². The first kappa shape index (κ1) is 19.5. The van der Waals surface area contributed by atoms with Gasteiger partial charge in [-0.2, -0.15) is 13.2 Å². The molecule has 0 unspecified atom stereocenters. The van der Waals surface area contributed by atoms with Crippen LogP contribution in [0.5, 0.6) is 5.75 Å². The van der Waals surface area contributed by atoms with Crippen molar-refractivity contribution in [3.05, 3.63) is 89.5 Å². The van der Waals surface area contributed by atoms with Crippen molar-refractivity contribution in [3.63, 3.8) is 0 Å². The molecular formula is C22H17F3O3. The molecule has 0 atom stereocenters. The lowest BCUT2D eigenvalue weighted by atomic mass is 10.00. The molecular weight excluding hydrogens is 369 g/mol. The van der Waals surface area contributed by atoms with E-state index in [9.17, 15) is 18.0 Å². The molecule has 0 amide bonds. The lowest BCUT2D eigenvalue weighted by Gasteiger charge is -2.12. The molecule has 3 nitrogen and oxygen atoms in total. The Kier molecular flexibility index (Phi) is 5.68. The van der Waals surface area contributed by atoms with Crippen LogP contribution in [0.1, 0.15) is 16.7 Å². The zero-order valence-electron chi connectivity index (χ0n) is 14.7. The average Bonchev–Trinajstić information content (AvgIpc) is 2.66. The second-order valence-corrected chi connectivity index (χ2v) is 6.29. The number of hydrogen-bond acceptors (Lipinski definition) is 2. The van der Waals surface area contributed by atoms with Crippen molar-refractivity contribution in [2.75, 3.05) is 0 Å². The maximum Gasteiger partial charge on any atom is 0.416 e. The minimum atomic E-state index is -4.41. The third kappa shape index (κ3) is 5.13. The molecule has 3 rings (SSSR count). The summed E-state index contributed by atoms with van der Waals surface area (Å²) in [5.41, 5.74) is 1.86. The van der Waals surface area contributed by atoms with Crippen LogP contribution in [0.25, 0.3) is 11.1 Å². The fourth-order valence-corrected chi connectivity index (χ4v) is 2.78. The van der Waals surface area contributed by atoms with Crippen molar-refractivity contribution in [2.45, 2.75) is 19.2 Å². The van der Waals surface area contributed by atoms with Gasteiger partial charge in [0.05, 0.1) is 12.0 Å². The lowest BCUT2D eigenvalue weighted by molar-refractivity contribution is -0.138. The topological polar surface area (TPSA) is 46.5 Å². The minimum absolute atomic E-state index is 0.212. The van der Waals surface area contributed by atoms with Gasteiger partial charge in [-0.3, -0.25) is 4.79 Å². The molecule has 6 heteroatoms. The molecule has 0 aliphatic heterocycles. The summed E-state index contributed by atoms with van der Waals surface area (Å²) in [7, 11) is 0. The highest BCUT2D eigenvalue weighted by Gasteiger charge is 2.30. The Balaban J connectivity index is 1.90. The number of aliphatic carboxylic acids is 1. The summed E-state index contributed by atoms with van der Waals surface area (Å²) in [6.07, 6.45) is -4.62. The van der Waals surface area contributed by atoms with Gasteiger partial charge in [0.25, 0.3) is 0 Å². The molecule has 0 heterocycles. The Labute approximate surface area is 160 Å². The third-order valence-electron chi connectivity index (χ3n) is 4.12. The fraction of sp³-hybridized carbons (Fsp3) is 0.136. The second kappa shape index (κ2) is 8.17. The van der Waals surface area contributed by atoms with Crippen LogP contribution in [-0.2, 0) is 24.0 Å². The molecule has 0 fully saturated rings. The number of carbonyl (C=O) groups is 1. The molecule has 3 aromatic rings. The fourth-order valence-electron chi connectivity index (χ4n) is 2.78. The van der Waals surface area contributed by atoms with Gasteiger partial charge in [-0.15, -0.1) is 0 Å². The zero-order valence-corrected chi connectivity index (χ0v) is 14.7. The number of ether oxygens (including phenoxy) is 1. The SMILES string of the molecule is O=C(O)Cc1cc(OCc2ccccc2)cc(-c2ccc(C(F)(F)F)cc2)c1. The summed E-state index contributed by atoms with van der Waals surface area (Å²) in [6.45, 7) is 0.295. The Bertz CT molecular complexity index is 949. The van der Waals surface area contributed by atoms with Crippen molar-refractivity contribution < 1.29 is 27.8 Å². The van der Waals surface area contributed by atoms with E-state index in [-0.39, 0.29) is 6.42 Å². The highest BCUT2D eigenvalue weighted by molar-refractivity contribution is 5.73. The smallest absolute Gasteiger partial charge is 0.416 e. The van der Waals surface area contributed by atoms with E-state index >= 15 is 0 Å². The van der Waals surface area contributed by atoms with Crippen molar-refractivity contribution in [3.8, 4) is 16.9 Å². The number of halogens is 3. The number of rotatable bonds is 6. The van der Waals surface area contributed by atoms with E-state index in [1.165, 1.54) is 12.1 Å². The summed E-state index contributed by atoms with van der Waals surface area (Å²) in [6, 6.07) is 19.2. The van der Waals surface area contributed by atoms with Gasteiger partial charge in [-0.05, 0) is 46.5 Å². The van der Waals surface area contributed by atoms with Crippen LogP contribution in [0.4, 0.5) is 13.2 Å². The molecule has 28 heavy (non-hydrogen) atoms. The van der Waals surface area contributed by atoms with E-state index in [1.54, 1.807) is 18.2 Å². The van der Waals surface area contributed by atoms with Crippen molar-refractivity contribution >= 4 is 5.97 Å². The summed E-state index contributed by atoms with van der Waals surface area (Å²) in [5, 5.41) is 9.09. The normalized spacial score (nSPS) is 11.2. The van der Waals surface area contributed by atoms with Crippen LogP contribution < -0.4 is 4.74 Å². The molecule has 3 aromatic carbocycles. The quantitative estimate of drug-likeness (QED) is 0.602. The van der Waals surface area contributed by atoms with Gasteiger partial charge in [-0.25, -0.2) is 0 Å². The molecule has 1 N–H and O–H groups in total. The third-order valence-corrected chi connectivity index (χ3v) is 4.12. The Morgan fingerprint density at radius 3 is 2.14 bits per heavy atom. The number of benzene rings is 3. The Morgan fingerprint density at radius 1 is 0.857 bits per heavy atom. The first-order valence-electron chi connectivity index (χ1n) is 8.51. The summed E-state index contributed by atoms with van der Waals surface area (Å²) in [4.78, 5) is 11.1. The maximum atomic E-state index is 12.8. The van der Waals surface area contributed by atoms with Crippen LogP contribution in [0, 0.1) is 0 Å². The largest absolute Gasteiger partial charge is 0.489 e. The van der Waals surface area contributed by atoms with Gasteiger partial charge in [0.1, 0.15) is 12.4 Å². The van der Waals surface area contributed by atoms with Crippen LogP contribution >= 0.6 is 0 Å². The molecule has 144 valence electrons. The number of carboxylic acids is 1. The summed E-state index contributed by atoms with van der Waals surface area (Å²) < 4.78 is 44.1. The van der Waals surface area contributed by atoms with Crippen molar-refractivity contribution in [1.82, 2.24) is 0 Å². The van der Waals surface area contributed by atoms with Gasteiger partial charge in [0.15, 0.2) is 0 Å². The van der Waals surface area contributed by atoms with E-state index < -0.39 is 17.7 Å². The number of carboxylic acid groups (broad SMARTS) is 1. The van der Waals surface area contributed by atoms with Crippen molar-refractivity contribution in [2.24, 2.45) is 0 Å². The molecule has 0 spiro atoms. The van der Waals surface area contributed by atoms with Gasteiger partial charge in [0, 0.05) is 0 Å². The molecule has 0 saturated heterocycles. The monoisotopic (exact) mass is 386 g/mol. The first-order chi connectivity index (χ1) is 13.3. The van der Waals surface area contributed by atoms with E-state index in [2.05, 4.69) is 0 Å². The number of alkyl halides is 3. The molecule has 0 aliphatic rings. The molecule has 0 aromatic heterocycles. The van der Waals surface area contributed by atoms with Gasteiger partial charge in [0.2, 0.25) is 0 Å². The summed E-state index contributed by atoms with van der Waals surface area (Å²) >= 11 is 0. The van der Waals surface area contributed by atoms with Crippen LogP contribution in [0.15, 0.2) is 72.8 Å². The van der Waals surface area contributed by atoms with Gasteiger partial charge >= 0.3 is 12.1 Å². The predicted octanol–water partition coefficient (Wildman–Crippen LogP) is 5.58. The van der Waals surface area contributed by atoms with E-state index in [0.29, 0.717) is 29.0 Å². The lowest BCUT2D eigenvalue weighted by Crippen LogP contribution is -2.04. The van der Waals surface area contributed by atoms with Crippen LogP contribution in [0.2, 0.25) is 0 Å². The molecule has 0 radical (unpaired) electrons. The zero-order chi connectivity index (χ0) is 20.1. The van der Waals surface area contributed by atoms with Crippen LogP contribution in [0.3, 0.4) is 0 Å². The minimum Gasteiger partial charge on any atom is -0.489 e. The standard InChI is InChI=1S/C22H17F3O3/c23-22(24,25)19-8-6-17(7-9-19)18-10-16(12-21(26)27)11-20(13-18)28-14-15-4-2-1-3-5-15/h1-11,13H,12,14H2,(H,26,27). The van der Waals surface area contributed by atoms with Gasteiger partial charge < -0.3 is 9.84 Å². The molecule has 0 bridgehead atoms. The first-order valence-corrected chi connectivity index (χ1v) is 8.51. The van der Waals surface area contributed by atoms with Crippen LogP contribution in [-0.4, -0.2) is 11.1 Å². The summed E-state index contributed by atoms with van der Waals surface area (Å²) in [5.74, 6) is -0.545.